The molecule has 1 amide bonds. The molecule has 0 bridgehead atoms. The van der Waals surface area contributed by atoms with Crippen molar-refractivity contribution >= 4 is 34.6 Å². The number of amides is 1. The molecule has 0 radical (unpaired) electrons. The normalized spacial score (nSPS) is 23.2. The number of alkyl halides is 3. The van der Waals surface area contributed by atoms with Gasteiger partial charge in [-0.05, 0) is 35.4 Å². The summed E-state index contributed by atoms with van der Waals surface area (Å²) in [6.07, 6.45) is -4.76. The topological polar surface area (TPSA) is 78.9 Å². The Hall–Kier alpha value is -1.95. The number of carboxylic acid groups (broad SMARTS) is 1. The molecule has 2 aromatic heterocycles. The predicted octanol–water partition coefficient (Wildman–Crippen LogP) is 3.63. The number of ether oxygens (including phenoxy) is 1. The number of aryl methyl sites for hydroxylation is 1. The van der Waals surface area contributed by atoms with E-state index in [1.54, 1.807) is 11.3 Å². The second-order valence-electron chi connectivity index (χ2n) is 7.54. The number of carbonyl (C=O) groups is 2. The summed E-state index contributed by atoms with van der Waals surface area (Å²) in [5.74, 6) is -1.77. The van der Waals surface area contributed by atoms with Gasteiger partial charge in [0.05, 0.1) is 12.7 Å². The molecule has 11 heteroatoms. The van der Waals surface area contributed by atoms with E-state index in [2.05, 4.69) is 28.6 Å². The molecule has 31 heavy (non-hydrogen) atoms. The molecule has 2 N–H and O–H groups in total. The standard InChI is InChI=1S/C18H22N2O2S2.C2HF3O2/c1-12-2-5-24-17(12)9-20-7-15-14(10-22-16(15)8-20)6-19-18(21)13-3-4-23-11-13;3-2(4,5)1(6)7/h2-5,11,14-16H,6-10H2,1H3,(H,19,21);(H,6,7)/t14-,15-,16-;/m1./s1. The van der Waals surface area contributed by atoms with Gasteiger partial charge < -0.3 is 15.2 Å². The van der Waals surface area contributed by atoms with Gasteiger partial charge in [0.25, 0.3) is 5.91 Å². The monoisotopic (exact) mass is 476 g/mol. The number of thiophene rings is 2. The molecule has 0 unspecified atom stereocenters. The average molecular weight is 477 g/mol. The van der Waals surface area contributed by atoms with E-state index in [4.69, 9.17) is 14.6 Å². The molecule has 170 valence electrons. The molecule has 4 heterocycles. The van der Waals surface area contributed by atoms with Crippen molar-refractivity contribution in [2.24, 2.45) is 11.8 Å². The van der Waals surface area contributed by atoms with Crippen molar-refractivity contribution in [3.8, 4) is 0 Å². The molecular formula is C20H23F3N2O4S2. The van der Waals surface area contributed by atoms with E-state index in [-0.39, 0.29) is 5.91 Å². The Morgan fingerprint density at radius 1 is 1.29 bits per heavy atom. The van der Waals surface area contributed by atoms with Crippen LogP contribution < -0.4 is 5.32 Å². The van der Waals surface area contributed by atoms with Crippen LogP contribution in [0.15, 0.2) is 28.3 Å². The minimum atomic E-state index is -5.08. The van der Waals surface area contributed by atoms with Crippen molar-refractivity contribution in [2.45, 2.75) is 25.7 Å². The third kappa shape index (κ3) is 6.28. The molecule has 2 saturated heterocycles. The second-order valence-corrected chi connectivity index (χ2v) is 9.32. The first-order valence-electron chi connectivity index (χ1n) is 9.62. The van der Waals surface area contributed by atoms with E-state index in [0.717, 1.165) is 31.8 Å². The SMILES string of the molecule is Cc1ccsc1CN1C[C@@H]2[C@H](CNC(=O)c3ccsc3)CO[C@@H]2C1.O=C(O)C(F)(F)F. The molecule has 4 rings (SSSR count). The Labute approximate surface area is 185 Å². The number of hydrogen-bond acceptors (Lipinski definition) is 6. The van der Waals surface area contributed by atoms with E-state index in [1.807, 2.05) is 28.2 Å². The molecule has 6 nitrogen and oxygen atoms in total. The van der Waals surface area contributed by atoms with Crippen LogP contribution in [0.4, 0.5) is 13.2 Å². The third-order valence-electron chi connectivity index (χ3n) is 5.40. The van der Waals surface area contributed by atoms with Crippen LogP contribution in [0, 0.1) is 18.8 Å². The number of fused-ring (bicyclic) bond motifs is 1. The van der Waals surface area contributed by atoms with Gasteiger partial charge in [-0.1, -0.05) is 0 Å². The molecule has 0 spiro atoms. The number of hydrogen-bond donors (Lipinski definition) is 2. The lowest BCUT2D eigenvalue weighted by Crippen LogP contribution is -2.34. The first-order chi connectivity index (χ1) is 14.6. The first-order valence-corrected chi connectivity index (χ1v) is 11.4. The lowest BCUT2D eigenvalue weighted by Gasteiger charge is -2.19. The van der Waals surface area contributed by atoms with Gasteiger partial charge >= 0.3 is 12.1 Å². The number of carboxylic acids is 1. The van der Waals surface area contributed by atoms with Crippen LogP contribution >= 0.6 is 22.7 Å². The van der Waals surface area contributed by atoms with Crippen LogP contribution in [0.2, 0.25) is 0 Å². The Kier molecular flexibility index (Phi) is 7.73. The summed E-state index contributed by atoms with van der Waals surface area (Å²) in [6.45, 7) is 6.76. The predicted molar refractivity (Wildman–Crippen MR) is 111 cm³/mol. The zero-order valence-corrected chi connectivity index (χ0v) is 18.4. The first kappa shape index (κ1) is 23.7. The van der Waals surface area contributed by atoms with Crippen molar-refractivity contribution in [3.05, 3.63) is 44.3 Å². The molecule has 2 aliphatic rings. The van der Waals surface area contributed by atoms with Gasteiger partial charge in [-0.2, -0.15) is 24.5 Å². The molecular weight excluding hydrogens is 453 g/mol. The van der Waals surface area contributed by atoms with Crippen LogP contribution in [0.5, 0.6) is 0 Å². The smallest absolute Gasteiger partial charge is 0.475 e. The lowest BCUT2D eigenvalue weighted by molar-refractivity contribution is -0.192. The van der Waals surface area contributed by atoms with Gasteiger partial charge in [0.15, 0.2) is 0 Å². The maximum atomic E-state index is 12.1. The Bertz CT molecular complexity index is 885. The van der Waals surface area contributed by atoms with Crippen molar-refractivity contribution in [2.75, 3.05) is 26.2 Å². The van der Waals surface area contributed by atoms with Gasteiger partial charge in [-0.15, -0.1) is 11.3 Å². The Balaban J connectivity index is 0.000000339. The van der Waals surface area contributed by atoms with Crippen molar-refractivity contribution in [1.29, 1.82) is 0 Å². The fourth-order valence-electron chi connectivity index (χ4n) is 3.71. The van der Waals surface area contributed by atoms with E-state index in [1.165, 1.54) is 10.4 Å². The van der Waals surface area contributed by atoms with Crippen LogP contribution in [-0.2, 0) is 16.1 Å². The number of likely N-dealkylation sites (tertiary alicyclic amines) is 1. The number of aliphatic carboxylic acids is 1. The van der Waals surface area contributed by atoms with Crippen molar-refractivity contribution in [1.82, 2.24) is 10.2 Å². The minimum absolute atomic E-state index is 0.0313. The van der Waals surface area contributed by atoms with Crippen LogP contribution in [0.1, 0.15) is 20.8 Å². The highest BCUT2D eigenvalue weighted by Gasteiger charge is 2.43. The summed E-state index contributed by atoms with van der Waals surface area (Å²) in [4.78, 5) is 25.0. The average Bonchev–Trinajstić information content (AvgIpc) is 3.46. The molecule has 0 saturated carbocycles. The highest BCUT2D eigenvalue weighted by atomic mass is 32.1. The van der Waals surface area contributed by atoms with E-state index in [9.17, 15) is 18.0 Å². The Morgan fingerprint density at radius 2 is 2.03 bits per heavy atom. The number of rotatable bonds is 5. The van der Waals surface area contributed by atoms with Crippen LogP contribution in [0.25, 0.3) is 0 Å². The van der Waals surface area contributed by atoms with Crippen molar-refractivity contribution < 1.29 is 32.6 Å². The zero-order chi connectivity index (χ0) is 22.6. The van der Waals surface area contributed by atoms with E-state index < -0.39 is 12.1 Å². The summed E-state index contributed by atoms with van der Waals surface area (Å²) >= 11 is 3.39. The van der Waals surface area contributed by atoms with E-state index >= 15 is 0 Å². The van der Waals surface area contributed by atoms with Gasteiger partial charge in [0, 0.05) is 53.8 Å². The largest absolute Gasteiger partial charge is 0.490 e. The summed E-state index contributed by atoms with van der Waals surface area (Å²) in [7, 11) is 0. The summed E-state index contributed by atoms with van der Waals surface area (Å²) in [5, 5.41) is 16.2. The highest BCUT2D eigenvalue weighted by molar-refractivity contribution is 7.10. The van der Waals surface area contributed by atoms with Crippen molar-refractivity contribution in [3.63, 3.8) is 0 Å². The van der Waals surface area contributed by atoms with E-state index in [0.29, 0.717) is 24.5 Å². The molecule has 2 aliphatic heterocycles. The fraction of sp³-hybridized carbons (Fsp3) is 0.500. The van der Waals surface area contributed by atoms with Gasteiger partial charge in [0.1, 0.15) is 0 Å². The minimum Gasteiger partial charge on any atom is -0.475 e. The number of nitrogens with one attached hydrogen (secondary N) is 1. The number of nitrogens with zero attached hydrogens (tertiary/aromatic N) is 1. The van der Waals surface area contributed by atoms with Crippen LogP contribution in [-0.4, -0.2) is 60.4 Å². The molecule has 3 atom stereocenters. The lowest BCUT2D eigenvalue weighted by atomic mass is 9.93. The zero-order valence-electron chi connectivity index (χ0n) is 16.7. The van der Waals surface area contributed by atoms with Gasteiger partial charge in [-0.25, -0.2) is 4.79 Å². The second kappa shape index (κ2) is 10.1. The molecule has 0 aromatic carbocycles. The van der Waals surface area contributed by atoms with Gasteiger partial charge in [-0.3, -0.25) is 9.69 Å². The molecule has 2 fully saturated rings. The summed E-state index contributed by atoms with van der Waals surface area (Å²) in [5.41, 5.74) is 2.15. The Morgan fingerprint density at radius 3 is 2.61 bits per heavy atom. The molecule has 0 aliphatic carbocycles. The van der Waals surface area contributed by atoms with Crippen LogP contribution in [0.3, 0.4) is 0 Å². The molecule has 2 aromatic rings. The fourth-order valence-corrected chi connectivity index (χ4v) is 5.29. The number of carbonyl (C=O) groups excluding carboxylic acids is 1. The number of halogens is 3. The summed E-state index contributed by atoms with van der Waals surface area (Å²) in [6, 6.07) is 4.06. The maximum Gasteiger partial charge on any atom is 0.490 e. The third-order valence-corrected chi connectivity index (χ3v) is 7.09. The maximum absolute atomic E-state index is 12.1. The van der Waals surface area contributed by atoms with Gasteiger partial charge in [0.2, 0.25) is 0 Å². The highest BCUT2D eigenvalue weighted by Crippen LogP contribution is 2.34. The summed E-state index contributed by atoms with van der Waals surface area (Å²) < 4.78 is 37.7. The quantitative estimate of drug-likeness (QED) is 0.689.